The lowest BCUT2D eigenvalue weighted by molar-refractivity contribution is 0.0965. The van der Waals surface area contributed by atoms with Crippen LogP contribution in [0.1, 0.15) is 74.5 Å². The Balaban J connectivity index is 1.74. The normalized spacial score (nSPS) is 14.3. The molecule has 1 aliphatic rings. The lowest BCUT2D eigenvalue weighted by Gasteiger charge is -2.33. The van der Waals surface area contributed by atoms with E-state index >= 15 is 0 Å². The van der Waals surface area contributed by atoms with Crippen LogP contribution >= 0.6 is 0 Å². The van der Waals surface area contributed by atoms with Crippen molar-refractivity contribution in [3.8, 4) is 11.6 Å². The molecule has 0 bridgehead atoms. The van der Waals surface area contributed by atoms with Crippen molar-refractivity contribution in [3.05, 3.63) is 40.0 Å². The molecule has 212 valence electrons. The van der Waals surface area contributed by atoms with E-state index in [4.69, 9.17) is 19.6 Å². The molecule has 0 amide bonds. The van der Waals surface area contributed by atoms with E-state index in [9.17, 15) is 4.79 Å². The van der Waals surface area contributed by atoms with Gasteiger partial charge in [0.25, 0.3) is 0 Å². The number of anilines is 1. The largest absolute Gasteiger partial charge is 0.494 e. The van der Waals surface area contributed by atoms with Gasteiger partial charge in [-0.3, -0.25) is 10.2 Å². The van der Waals surface area contributed by atoms with E-state index in [1.807, 2.05) is 26.0 Å². The number of nitrogens with one attached hydrogen (secondary N) is 1. The summed E-state index contributed by atoms with van der Waals surface area (Å²) in [6.45, 7) is 17.0. The number of nitrogens with zero attached hydrogens (tertiary/aromatic N) is 5. The van der Waals surface area contributed by atoms with Crippen LogP contribution in [0.15, 0.2) is 12.1 Å². The highest BCUT2D eigenvalue weighted by Gasteiger charge is 2.27. The average Bonchev–Trinajstić information content (AvgIpc) is 3.23. The lowest BCUT2D eigenvalue weighted by Crippen LogP contribution is -2.37. The maximum Gasteiger partial charge on any atom is 0.242 e. The predicted molar refractivity (Wildman–Crippen MR) is 150 cm³/mol. The molecule has 1 fully saturated rings. The molecule has 10 heteroatoms. The average molecular weight is 539 g/mol. The molecule has 0 aliphatic carbocycles. The lowest BCUT2D eigenvalue weighted by atomic mass is 9.84. The molecule has 0 saturated carbocycles. The Hall–Kier alpha value is -3.40. The Kier molecular flexibility index (Phi) is 8.34. The van der Waals surface area contributed by atoms with Gasteiger partial charge in [-0.2, -0.15) is 4.52 Å². The van der Waals surface area contributed by atoms with Crippen molar-refractivity contribution < 1.29 is 19.0 Å². The van der Waals surface area contributed by atoms with E-state index < -0.39 is 0 Å². The smallest absolute Gasteiger partial charge is 0.242 e. The zero-order valence-electron chi connectivity index (χ0n) is 24.6. The van der Waals surface area contributed by atoms with Crippen LogP contribution in [0.5, 0.6) is 11.6 Å². The van der Waals surface area contributed by atoms with Crippen LogP contribution in [-0.4, -0.2) is 64.7 Å². The van der Waals surface area contributed by atoms with E-state index in [-0.39, 0.29) is 29.5 Å². The Morgan fingerprint density at radius 1 is 1.10 bits per heavy atom. The number of benzene rings is 1. The van der Waals surface area contributed by atoms with Crippen LogP contribution < -0.4 is 20.0 Å². The maximum atomic E-state index is 13.7. The van der Waals surface area contributed by atoms with Gasteiger partial charge in [0.2, 0.25) is 11.5 Å². The summed E-state index contributed by atoms with van der Waals surface area (Å²) in [6, 6.07) is 3.82. The fraction of sp³-hybridized carbons (Fsp3) is 0.586. The molecular formula is C29H42N6O4. The minimum atomic E-state index is -0.247. The number of rotatable bonds is 9. The second kappa shape index (κ2) is 11.4. The van der Waals surface area contributed by atoms with Gasteiger partial charge in [-0.05, 0) is 44.2 Å². The van der Waals surface area contributed by atoms with Gasteiger partial charge < -0.3 is 19.1 Å². The molecule has 1 aliphatic heterocycles. The molecule has 3 heterocycles. The molecule has 0 spiro atoms. The summed E-state index contributed by atoms with van der Waals surface area (Å²) in [5.41, 5.74) is 4.49. The van der Waals surface area contributed by atoms with E-state index in [0.29, 0.717) is 30.3 Å². The zero-order valence-corrected chi connectivity index (χ0v) is 24.6. The Morgan fingerprint density at radius 3 is 2.36 bits per heavy atom. The first-order chi connectivity index (χ1) is 18.5. The minimum absolute atomic E-state index is 0.0220. The standard InChI is InChI=1S/C29H42N6O4/c1-9-21(10-2)39-27-19(4)18(3)26-31-34(28(30)35(26)32-27)17-24(36)20-15-22(29(5,6)7)25(37-8)23(16-20)33-11-13-38-14-12-33/h15-16,21,30H,9-14,17H2,1-8H3. The van der Waals surface area contributed by atoms with Gasteiger partial charge >= 0.3 is 0 Å². The number of fused-ring (bicyclic) bond motifs is 1. The third-order valence-electron chi connectivity index (χ3n) is 7.51. The SMILES string of the molecule is CCC(CC)Oc1nn2c(=N)n(CC(=O)c3cc(N4CCOCC4)c(OC)c(C(C)(C)C)c3)nc2c(C)c1C. The molecule has 3 aromatic rings. The molecule has 1 N–H and O–H groups in total. The first-order valence-electron chi connectivity index (χ1n) is 13.8. The van der Waals surface area contributed by atoms with Gasteiger partial charge in [0, 0.05) is 35.3 Å². The van der Waals surface area contributed by atoms with Crippen molar-refractivity contribution >= 4 is 17.1 Å². The highest BCUT2D eigenvalue weighted by molar-refractivity contribution is 5.97. The van der Waals surface area contributed by atoms with Gasteiger partial charge in [0.15, 0.2) is 11.4 Å². The van der Waals surface area contributed by atoms with Crippen LogP contribution in [0, 0.1) is 19.3 Å². The van der Waals surface area contributed by atoms with E-state index in [1.165, 1.54) is 9.20 Å². The Bertz CT molecular complexity index is 1410. The first kappa shape index (κ1) is 28.6. The fourth-order valence-corrected chi connectivity index (χ4v) is 4.88. The van der Waals surface area contributed by atoms with Crippen molar-refractivity contribution in [3.63, 3.8) is 0 Å². The number of aryl methyl sites for hydroxylation is 1. The van der Waals surface area contributed by atoms with Crippen molar-refractivity contribution in [2.45, 2.75) is 79.4 Å². The number of carbonyl (C=O) groups excluding carboxylic acids is 1. The summed E-state index contributed by atoms with van der Waals surface area (Å²) >= 11 is 0. The van der Waals surface area contributed by atoms with Crippen molar-refractivity contribution in [2.75, 3.05) is 38.3 Å². The van der Waals surface area contributed by atoms with Crippen LogP contribution in [0.3, 0.4) is 0 Å². The minimum Gasteiger partial charge on any atom is -0.494 e. The number of hydrogen-bond acceptors (Lipinski definition) is 8. The number of morpholine rings is 1. The molecule has 39 heavy (non-hydrogen) atoms. The van der Waals surface area contributed by atoms with Crippen LogP contribution in [0.4, 0.5) is 5.69 Å². The van der Waals surface area contributed by atoms with Crippen LogP contribution in [0.25, 0.3) is 5.65 Å². The number of carbonyl (C=O) groups is 1. The molecule has 0 atom stereocenters. The van der Waals surface area contributed by atoms with Crippen LogP contribution in [0.2, 0.25) is 0 Å². The number of ether oxygens (including phenoxy) is 3. The van der Waals surface area contributed by atoms with E-state index in [2.05, 4.69) is 49.7 Å². The fourth-order valence-electron chi connectivity index (χ4n) is 4.88. The van der Waals surface area contributed by atoms with Gasteiger partial charge in [0.1, 0.15) is 12.3 Å². The molecule has 0 unspecified atom stereocenters. The summed E-state index contributed by atoms with van der Waals surface area (Å²) in [6.07, 6.45) is 1.78. The van der Waals surface area contributed by atoms with Gasteiger partial charge in [-0.1, -0.05) is 34.6 Å². The predicted octanol–water partition coefficient (Wildman–Crippen LogP) is 4.22. The number of aromatic nitrogens is 4. The van der Waals surface area contributed by atoms with Crippen molar-refractivity contribution in [1.82, 2.24) is 19.4 Å². The highest BCUT2D eigenvalue weighted by atomic mass is 16.5. The number of ketones is 1. The van der Waals surface area contributed by atoms with Crippen molar-refractivity contribution in [1.29, 1.82) is 5.41 Å². The van der Waals surface area contributed by atoms with E-state index in [0.717, 1.165) is 54.1 Å². The molecule has 2 aromatic heterocycles. The van der Waals surface area contributed by atoms with Gasteiger partial charge in [0.05, 0.1) is 32.1 Å². The summed E-state index contributed by atoms with van der Waals surface area (Å²) in [5, 5.41) is 18.0. The molecule has 10 nitrogen and oxygen atoms in total. The summed E-state index contributed by atoms with van der Waals surface area (Å²) in [4.78, 5) is 15.9. The molecule has 1 saturated heterocycles. The first-order valence-corrected chi connectivity index (χ1v) is 13.8. The molecular weight excluding hydrogens is 496 g/mol. The topological polar surface area (TPSA) is 107 Å². The monoisotopic (exact) mass is 538 g/mol. The number of methoxy groups -OCH3 is 1. The maximum absolute atomic E-state index is 13.7. The van der Waals surface area contributed by atoms with Crippen LogP contribution in [-0.2, 0) is 16.7 Å². The quantitative estimate of drug-likeness (QED) is 0.407. The summed E-state index contributed by atoms with van der Waals surface area (Å²) in [7, 11) is 1.67. The van der Waals surface area contributed by atoms with Gasteiger partial charge in [-0.25, -0.2) is 4.68 Å². The highest BCUT2D eigenvalue weighted by Crippen LogP contribution is 2.40. The Morgan fingerprint density at radius 2 is 1.77 bits per heavy atom. The Labute approximate surface area is 230 Å². The summed E-state index contributed by atoms with van der Waals surface area (Å²) < 4.78 is 20.4. The summed E-state index contributed by atoms with van der Waals surface area (Å²) in [5.74, 6) is 1.14. The third kappa shape index (κ3) is 5.66. The molecule has 1 aromatic carbocycles. The van der Waals surface area contributed by atoms with Gasteiger partial charge in [-0.15, -0.1) is 10.2 Å². The second-order valence-corrected chi connectivity index (χ2v) is 11.2. The molecule has 4 rings (SSSR count). The number of hydrogen-bond donors (Lipinski definition) is 1. The third-order valence-corrected chi connectivity index (χ3v) is 7.51. The van der Waals surface area contributed by atoms with E-state index in [1.54, 1.807) is 7.11 Å². The number of Topliss-reactive ketones (excluding diaryl/α,β-unsaturated/α-hetero) is 1. The van der Waals surface area contributed by atoms with Crippen molar-refractivity contribution in [2.24, 2.45) is 0 Å². The second-order valence-electron chi connectivity index (χ2n) is 11.2. The molecule has 0 radical (unpaired) electrons. The zero-order chi connectivity index (χ0) is 28.5.